The quantitative estimate of drug-likeness (QED) is 0.583. The second kappa shape index (κ2) is 10.5. The Morgan fingerprint density at radius 2 is 1.67 bits per heavy atom. The van der Waals surface area contributed by atoms with E-state index < -0.39 is 21.8 Å². The Hall–Kier alpha value is -2.62. The minimum Gasteiger partial charge on any atom is -0.370 e. The predicted octanol–water partition coefficient (Wildman–Crippen LogP) is 3.71. The molecule has 0 bridgehead atoms. The van der Waals surface area contributed by atoms with Crippen molar-refractivity contribution in [1.29, 1.82) is 0 Å². The van der Waals surface area contributed by atoms with Crippen molar-refractivity contribution in [3.63, 3.8) is 0 Å². The number of carbonyl (C=O) groups excluding carboxylic acids is 2. The first-order valence-electron chi connectivity index (χ1n) is 11.0. The molecule has 0 saturated carbocycles. The predicted molar refractivity (Wildman–Crippen MR) is 131 cm³/mol. The van der Waals surface area contributed by atoms with Crippen molar-refractivity contribution in [2.75, 3.05) is 36.4 Å². The highest BCUT2D eigenvalue weighted by Gasteiger charge is 2.26. The maximum Gasteiger partial charge on any atom is 0.255 e. The van der Waals surface area contributed by atoms with Crippen molar-refractivity contribution in [2.24, 2.45) is 5.73 Å². The number of hydrogen-bond acceptors (Lipinski definition) is 5. The molecule has 0 unspecified atom stereocenters. The number of nitrogens with two attached hydrogens (primary N) is 1. The third-order valence-electron chi connectivity index (χ3n) is 5.74. The van der Waals surface area contributed by atoms with Gasteiger partial charge in [-0.2, -0.15) is 4.31 Å². The molecule has 0 atom stereocenters. The first-order valence-corrected chi connectivity index (χ1v) is 12.8. The van der Waals surface area contributed by atoms with Crippen LogP contribution >= 0.6 is 11.6 Å². The summed E-state index contributed by atoms with van der Waals surface area (Å²) < 4.78 is 27.2. The first kappa shape index (κ1) is 25.0. The number of piperidine rings is 1. The van der Waals surface area contributed by atoms with Gasteiger partial charge in [-0.05, 0) is 55.7 Å². The number of anilines is 2. The van der Waals surface area contributed by atoms with E-state index in [0.717, 1.165) is 38.0 Å². The van der Waals surface area contributed by atoms with Gasteiger partial charge in [0.1, 0.15) is 4.90 Å². The third-order valence-corrected chi connectivity index (χ3v) is 8.27. The summed E-state index contributed by atoms with van der Waals surface area (Å²) in [4.78, 5) is 26.9. The van der Waals surface area contributed by atoms with Crippen LogP contribution in [0.25, 0.3) is 0 Å². The smallest absolute Gasteiger partial charge is 0.255 e. The average molecular weight is 493 g/mol. The van der Waals surface area contributed by atoms with Crippen LogP contribution in [0.2, 0.25) is 5.02 Å². The third kappa shape index (κ3) is 5.48. The molecule has 0 radical (unpaired) electrons. The van der Waals surface area contributed by atoms with Crippen LogP contribution < -0.4 is 16.0 Å². The van der Waals surface area contributed by atoms with E-state index in [0.29, 0.717) is 5.69 Å². The van der Waals surface area contributed by atoms with Crippen LogP contribution in [0.15, 0.2) is 41.3 Å². The van der Waals surface area contributed by atoms with Gasteiger partial charge in [0.15, 0.2) is 0 Å². The van der Waals surface area contributed by atoms with Crippen LogP contribution in [0.4, 0.5) is 11.4 Å². The van der Waals surface area contributed by atoms with Crippen LogP contribution in [0.3, 0.4) is 0 Å². The summed E-state index contributed by atoms with van der Waals surface area (Å²) in [5.74, 6) is -1.11. The van der Waals surface area contributed by atoms with E-state index >= 15 is 0 Å². The molecule has 10 heteroatoms. The van der Waals surface area contributed by atoms with Crippen LogP contribution in [-0.2, 0) is 10.0 Å². The summed E-state index contributed by atoms with van der Waals surface area (Å²) in [6.45, 7) is 5.71. The molecule has 1 fully saturated rings. The van der Waals surface area contributed by atoms with Gasteiger partial charge in [0.05, 0.1) is 16.4 Å². The summed E-state index contributed by atoms with van der Waals surface area (Å²) in [5.41, 5.74) is 7.08. The molecule has 33 heavy (non-hydrogen) atoms. The zero-order valence-corrected chi connectivity index (χ0v) is 20.4. The van der Waals surface area contributed by atoms with Gasteiger partial charge in [0.25, 0.3) is 5.91 Å². The Balaban J connectivity index is 1.97. The lowest BCUT2D eigenvalue weighted by Crippen LogP contribution is -2.31. The van der Waals surface area contributed by atoms with Crippen molar-refractivity contribution in [1.82, 2.24) is 4.31 Å². The summed E-state index contributed by atoms with van der Waals surface area (Å²) in [6.07, 6.45) is 3.22. The zero-order valence-electron chi connectivity index (χ0n) is 18.8. The Labute approximate surface area is 199 Å². The van der Waals surface area contributed by atoms with E-state index in [9.17, 15) is 18.0 Å². The maximum absolute atomic E-state index is 13.1. The fourth-order valence-electron chi connectivity index (χ4n) is 3.94. The van der Waals surface area contributed by atoms with E-state index in [1.54, 1.807) is 32.0 Å². The fraction of sp³-hybridized carbons (Fsp3) is 0.391. The molecule has 2 amide bonds. The summed E-state index contributed by atoms with van der Waals surface area (Å²) in [7, 11) is -3.85. The molecule has 8 nitrogen and oxygen atoms in total. The fourth-order valence-corrected chi connectivity index (χ4v) is 5.90. The Kier molecular flexibility index (Phi) is 7.99. The van der Waals surface area contributed by atoms with Gasteiger partial charge in [-0.3, -0.25) is 9.59 Å². The Morgan fingerprint density at radius 3 is 2.27 bits per heavy atom. The van der Waals surface area contributed by atoms with Gasteiger partial charge >= 0.3 is 0 Å². The van der Waals surface area contributed by atoms with Gasteiger partial charge in [-0.1, -0.05) is 25.4 Å². The van der Waals surface area contributed by atoms with Crippen LogP contribution in [0.5, 0.6) is 0 Å². The number of rotatable bonds is 8. The molecule has 1 aliphatic rings. The van der Waals surface area contributed by atoms with Gasteiger partial charge in [0, 0.05) is 37.3 Å². The van der Waals surface area contributed by atoms with Crippen molar-refractivity contribution in [3.05, 3.63) is 52.5 Å². The summed E-state index contributed by atoms with van der Waals surface area (Å²) in [5, 5.41) is 2.88. The lowest BCUT2D eigenvalue weighted by atomic mass is 10.1. The molecule has 0 aromatic heterocycles. The van der Waals surface area contributed by atoms with E-state index in [1.807, 2.05) is 0 Å². The molecule has 1 heterocycles. The lowest BCUT2D eigenvalue weighted by molar-refractivity contribution is 0.0996. The molecule has 0 spiro atoms. The summed E-state index contributed by atoms with van der Waals surface area (Å²) in [6, 6.07) is 9.12. The molecule has 1 saturated heterocycles. The van der Waals surface area contributed by atoms with Crippen molar-refractivity contribution >= 4 is 44.8 Å². The Morgan fingerprint density at radius 1 is 1.03 bits per heavy atom. The number of benzene rings is 2. The number of nitrogens with zero attached hydrogens (tertiary/aromatic N) is 2. The second-order valence-corrected chi connectivity index (χ2v) is 10.1. The molecular weight excluding hydrogens is 464 g/mol. The van der Waals surface area contributed by atoms with Gasteiger partial charge in [0.2, 0.25) is 15.9 Å². The average Bonchev–Trinajstić information content (AvgIpc) is 2.80. The SMILES string of the molecule is CCN(CC)S(=O)(=O)c1cc(C(=O)Nc2cc(C(N)=O)ccc2N2CCCCC2)ccc1Cl. The van der Waals surface area contributed by atoms with Gasteiger partial charge in [-0.25, -0.2) is 8.42 Å². The monoisotopic (exact) mass is 492 g/mol. The molecule has 1 aliphatic heterocycles. The van der Waals surface area contributed by atoms with E-state index in [2.05, 4.69) is 10.2 Å². The standard InChI is InChI=1S/C23H29ClN4O4S/c1-3-28(4-2)33(31,32)21-15-17(8-10-18(21)24)23(30)26-19-14-16(22(25)29)9-11-20(19)27-12-6-5-7-13-27/h8-11,14-15H,3-7,12-13H2,1-2H3,(H2,25,29)(H,26,30). The number of amides is 2. The number of primary amides is 1. The first-order chi connectivity index (χ1) is 15.7. The maximum atomic E-state index is 13.1. The van der Waals surface area contributed by atoms with Crippen LogP contribution in [0.1, 0.15) is 53.8 Å². The molecule has 3 rings (SSSR count). The number of nitrogens with one attached hydrogen (secondary N) is 1. The Bertz CT molecular complexity index is 1140. The molecular formula is C23H29ClN4O4S. The van der Waals surface area contributed by atoms with Crippen LogP contribution in [0, 0.1) is 0 Å². The van der Waals surface area contributed by atoms with Crippen molar-refractivity contribution in [2.45, 2.75) is 38.0 Å². The molecule has 0 aliphatic carbocycles. The number of carbonyl (C=O) groups is 2. The number of halogens is 1. The highest BCUT2D eigenvalue weighted by atomic mass is 35.5. The van der Waals surface area contributed by atoms with Gasteiger partial charge < -0.3 is 16.0 Å². The number of sulfonamides is 1. The number of hydrogen-bond donors (Lipinski definition) is 2. The topological polar surface area (TPSA) is 113 Å². The highest BCUT2D eigenvalue weighted by molar-refractivity contribution is 7.89. The molecule has 3 N–H and O–H groups in total. The highest BCUT2D eigenvalue weighted by Crippen LogP contribution is 2.31. The molecule has 2 aromatic carbocycles. The zero-order chi connectivity index (χ0) is 24.2. The second-order valence-electron chi connectivity index (χ2n) is 7.83. The summed E-state index contributed by atoms with van der Waals surface area (Å²) >= 11 is 6.19. The van der Waals surface area contributed by atoms with E-state index in [1.165, 1.54) is 22.5 Å². The lowest BCUT2D eigenvalue weighted by Gasteiger charge is -2.30. The molecule has 2 aromatic rings. The minimum atomic E-state index is -3.85. The largest absolute Gasteiger partial charge is 0.370 e. The van der Waals surface area contributed by atoms with Crippen molar-refractivity contribution in [3.8, 4) is 0 Å². The van der Waals surface area contributed by atoms with Gasteiger partial charge in [-0.15, -0.1) is 0 Å². The molecule has 178 valence electrons. The van der Waals surface area contributed by atoms with Crippen LogP contribution in [-0.4, -0.2) is 50.7 Å². The van der Waals surface area contributed by atoms with E-state index in [-0.39, 0.29) is 34.1 Å². The van der Waals surface area contributed by atoms with E-state index in [4.69, 9.17) is 17.3 Å². The van der Waals surface area contributed by atoms with Crippen molar-refractivity contribution < 1.29 is 18.0 Å². The normalized spacial score (nSPS) is 14.4. The minimum absolute atomic E-state index is 0.0446.